The van der Waals surface area contributed by atoms with E-state index in [-0.39, 0.29) is 11.3 Å². The van der Waals surface area contributed by atoms with Gasteiger partial charge >= 0.3 is 0 Å². The SMILES string of the molecule is CCc1ccc([C@H]2SCC(=O)N2Cc2ccc(OC)cc2)cc1. The molecule has 0 bridgehead atoms. The van der Waals surface area contributed by atoms with Crippen molar-refractivity contribution in [2.45, 2.75) is 25.3 Å². The summed E-state index contributed by atoms with van der Waals surface area (Å²) >= 11 is 1.70. The molecule has 1 fully saturated rings. The Balaban J connectivity index is 1.78. The number of benzene rings is 2. The van der Waals surface area contributed by atoms with Crippen LogP contribution in [0.5, 0.6) is 5.75 Å². The second kappa shape index (κ2) is 7.09. The molecule has 0 N–H and O–H groups in total. The molecule has 2 aromatic rings. The lowest BCUT2D eigenvalue weighted by atomic mass is 10.1. The fourth-order valence-electron chi connectivity index (χ4n) is 2.75. The summed E-state index contributed by atoms with van der Waals surface area (Å²) in [5, 5.41) is 0.107. The van der Waals surface area contributed by atoms with Crippen molar-refractivity contribution < 1.29 is 9.53 Å². The maximum absolute atomic E-state index is 12.3. The van der Waals surface area contributed by atoms with E-state index in [9.17, 15) is 4.79 Å². The Morgan fingerprint density at radius 1 is 1.09 bits per heavy atom. The van der Waals surface area contributed by atoms with Gasteiger partial charge < -0.3 is 9.64 Å². The van der Waals surface area contributed by atoms with Gasteiger partial charge in [0.15, 0.2) is 0 Å². The van der Waals surface area contributed by atoms with Crippen LogP contribution in [0.4, 0.5) is 0 Å². The lowest BCUT2D eigenvalue weighted by Crippen LogP contribution is -2.27. The Hall–Kier alpha value is -1.94. The molecule has 3 nitrogen and oxygen atoms in total. The number of hydrogen-bond acceptors (Lipinski definition) is 3. The van der Waals surface area contributed by atoms with Gasteiger partial charge in [-0.2, -0.15) is 0 Å². The van der Waals surface area contributed by atoms with Gasteiger partial charge in [0.1, 0.15) is 11.1 Å². The molecule has 0 spiro atoms. The number of carbonyl (C=O) groups excluding carboxylic acids is 1. The summed E-state index contributed by atoms with van der Waals surface area (Å²) < 4.78 is 5.19. The monoisotopic (exact) mass is 327 g/mol. The number of ether oxygens (including phenoxy) is 1. The number of nitrogens with zero attached hydrogens (tertiary/aromatic N) is 1. The number of aryl methyl sites for hydroxylation is 1. The summed E-state index contributed by atoms with van der Waals surface area (Å²) in [6.07, 6.45) is 1.03. The topological polar surface area (TPSA) is 29.5 Å². The Kier molecular flexibility index (Phi) is 4.91. The zero-order valence-corrected chi connectivity index (χ0v) is 14.3. The van der Waals surface area contributed by atoms with Crippen molar-refractivity contribution in [1.29, 1.82) is 0 Å². The summed E-state index contributed by atoms with van der Waals surface area (Å²) in [5.41, 5.74) is 3.65. The molecule has 0 aromatic heterocycles. The number of carbonyl (C=O) groups is 1. The third kappa shape index (κ3) is 3.53. The number of rotatable bonds is 5. The predicted octanol–water partition coefficient (Wildman–Crippen LogP) is 4.03. The van der Waals surface area contributed by atoms with E-state index in [4.69, 9.17) is 4.74 Å². The van der Waals surface area contributed by atoms with Crippen molar-refractivity contribution in [3.8, 4) is 5.75 Å². The summed E-state index contributed by atoms with van der Waals surface area (Å²) in [6, 6.07) is 16.5. The minimum Gasteiger partial charge on any atom is -0.497 e. The number of hydrogen-bond donors (Lipinski definition) is 0. The molecule has 4 heteroatoms. The van der Waals surface area contributed by atoms with E-state index < -0.39 is 0 Å². The molecule has 2 aromatic carbocycles. The van der Waals surface area contributed by atoms with Gasteiger partial charge in [-0.25, -0.2) is 0 Å². The molecule has 0 radical (unpaired) electrons. The van der Waals surface area contributed by atoms with Gasteiger partial charge in [-0.1, -0.05) is 43.3 Å². The normalized spacial score (nSPS) is 17.6. The van der Waals surface area contributed by atoms with E-state index in [0.717, 1.165) is 17.7 Å². The second-order valence-corrected chi connectivity index (χ2v) is 6.70. The maximum atomic E-state index is 12.3. The molecular formula is C19H21NO2S. The largest absolute Gasteiger partial charge is 0.497 e. The van der Waals surface area contributed by atoms with Gasteiger partial charge in [-0.15, -0.1) is 11.8 Å². The third-order valence-electron chi connectivity index (χ3n) is 4.15. The van der Waals surface area contributed by atoms with E-state index in [1.165, 1.54) is 11.1 Å². The van der Waals surface area contributed by atoms with Crippen molar-refractivity contribution in [2.24, 2.45) is 0 Å². The van der Waals surface area contributed by atoms with Crippen molar-refractivity contribution in [2.75, 3.05) is 12.9 Å². The zero-order chi connectivity index (χ0) is 16.2. The second-order valence-electron chi connectivity index (χ2n) is 5.63. The van der Waals surface area contributed by atoms with Crippen LogP contribution in [0.3, 0.4) is 0 Å². The molecule has 1 aliphatic rings. The van der Waals surface area contributed by atoms with Crippen molar-refractivity contribution in [1.82, 2.24) is 4.90 Å². The summed E-state index contributed by atoms with van der Waals surface area (Å²) in [4.78, 5) is 14.3. The summed E-state index contributed by atoms with van der Waals surface area (Å²) in [6.45, 7) is 2.79. The van der Waals surface area contributed by atoms with Crippen molar-refractivity contribution >= 4 is 17.7 Å². The van der Waals surface area contributed by atoms with E-state index in [0.29, 0.717) is 12.3 Å². The first-order valence-corrected chi connectivity index (χ1v) is 8.89. The van der Waals surface area contributed by atoms with Gasteiger partial charge in [0.25, 0.3) is 0 Å². The first kappa shape index (κ1) is 15.9. The van der Waals surface area contributed by atoms with Crippen LogP contribution in [-0.2, 0) is 17.8 Å². The van der Waals surface area contributed by atoms with Crippen molar-refractivity contribution in [3.05, 3.63) is 65.2 Å². The highest BCUT2D eigenvalue weighted by Crippen LogP contribution is 2.39. The van der Waals surface area contributed by atoms with E-state index in [1.54, 1.807) is 18.9 Å². The van der Waals surface area contributed by atoms with Crippen LogP contribution < -0.4 is 4.74 Å². The summed E-state index contributed by atoms with van der Waals surface area (Å²) in [7, 11) is 1.66. The van der Waals surface area contributed by atoms with Crippen LogP contribution >= 0.6 is 11.8 Å². The smallest absolute Gasteiger partial charge is 0.234 e. The quantitative estimate of drug-likeness (QED) is 0.830. The van der Waals surface area contributed by atoms with Gasteiger partial charge in [0.05, 0.1) is 12.9 Å². The first-order chi connectivity index (χ1) is 11.2. The molecule has 1 aliphatic heterocycles. The van der Waals surface area contributed by atoms with Crippen LogP contribution in [0.25, 0.3) is 0 Å². The molecular weight excluding hydrogens is 306 g/mol. The number of methoxy groups -OCH3 is 1. The maximum Gasteiger partial charge on any atom is 0.234 e. The highest BCUT2D eigenvalue weighted by atomic mass is 32.2. The van der Waals surface area contributed by atoms with Gasteiger partial charge in [-0.05, 0) is 35.2 Å². The Bertz CT molecular complexity index is 667. The van der Waals surface area contributed by atoms with E-state index in [2.05, 4.69) is 31.2 Å². The lowest BCUT2D eigenvalue weighted by Gasteiger charge is -2.24. The molecule has 0 aliphatic carbocycles. The van der Waals surface area contributed by atoms with E-state index in [1.807, 2.05) is 29.2 Å². The number of thioether (sulfide) groups is 1. The third-order valence-corrected chi connectivity index (χ3v) is 5.41. The molecule has 0 saturated carbocycles. The first-order valence-electron chi connectivity index (χ1n) is 7.84. The van der Waals surface area contributed by atoms with Crippen LogP contribution in [0.2, 0.25) is 0 Å². The molecule has 1 amide bonds. The molecule has 0 unspecified atom stereocenters. The highest BCUT2D eigenvalue weighted by Gasteiger charge is 2.32. The fourth-order valence-corrected chi connectivity index (χ4v) is 3.93. The average Bonchev–Trinajstić information content (AvgIpc) is 2.96. The highest BCUT2D eigenvalue weighted by molar-refractivity contribution is 8.00. The van der Waals surface area contributed by atoms with Crippen LogP contribution in [0, 0.1) is 0 Å². The van der Waals surface area contributed by atoms with Crippen LogP contribution in [0.15, 0.2) is 48.5 Å². The van der Waals surface area contributed by atoms with Gasteiger partial charge in [0, 0.05) is 6.54 Å². The Labute approximate surface area is 141 Å². The Morgan fingerprint density at radius 2 is 1.74 bits per heavy atom. The van der Waals surface area contributed by atoms with Crippen LogP contribution in [-0.4, -0.2) is 23.7 Å². The molecule has 23 heavy (non-hydrogen) atoms. The molecule has 3 rings (SSSR count). The average molecular weight is 327 g/mol. The van der Waals surface area contributed by atoms with Crippen LogP contribution in [0.1, 0.15) is 29.0 Å². The van der Waals surface area contributed by atoms with E-state index >= 15 is 0 Å². The fraction of sp³-hybridized carbons (Fsp3) is 0.316. The molecule has 1 heterocycles. The summed E-state index contributed by atoms with van der Waals surface area (Å²) in [5.74, 6) is 1.59. The van der Waals surface area contributed by atoms with Gasteiger partial charge in [0.2, 0.25) is 5.91 Å². The number of amides is 1. The zero-order valence-electron chi connectivity index (χ0n) is 13.5. The predicted molar refractivity (Wildman–Crippen MR) is 94.6 cm³/mol. The minimum atomic E-state index is 0.107. The van der Waals surface area contributed by atoms with Crippen molar-refractivity contribution in [3.63, 3.8) is 0 Å². The lowest BCUT2D eigenvalue weighted by molar-refractivity contribution is -0.128. The molecule has 1 saturated heterocycles. The molecule has 1 atom stereocenters. The standard InChI is InChI=1S/C19H21NO2S/c1-3-14-4-8-16(9-5-14)19-20(18(21)13-23-19)12-15-6-10-17(22-2)11-7-15/h4-11,19H,3,12-13H2,1-2H3/t19-/m1/s1. The Morgan fingerprint density at radius 3 is 2.35 bits per heavy atom. The minimum absolute atomic E-state index is 0.107. The molecule has 120 valence electrons. The van der Waals surface area contributed by atoms with Gasteiger partial charge in [-0.3, -0.25) is 4.79 Å².